The number of thiophene rings is 1. The minimum atomic E-state index is -0.137. The number of alkyl halides is 1. The van der Waals surface area contributed by atoms with Gasteiger partial charge in [0.25, 0.3) is 0 Å². The van der Waals surface area contributed by atoms with Crippen LogP contribution in [0.3, 0.4) is 0 Å². The van der Waals surface area contributed by atoms with Gasteiger partial charge in [0.15, 0.2) is 0 Å². The van der Waals surface area contributed by atoms with Gasteiger partial charge in [0.2, 0.25) is 0 Å². The minimum absolute atomic E-state index is 0.137. The molecule has 0 N–H and O–H groups in total. The summed E-state index contributed by atoms with van der Waals surface area (Å²) >= 11 is 19.8. The first kappa shape index (κ1) is 13.1. The van der Waals surface area contributed by atoms with Crippen LogP contribution in [0, 0.1) is 3.57 Å². The van der Waals surface area contributed by atoms with Gasteiger partial charge >= 0.3 is 0 Å². The molecule has 0 saturated carbocycles. The molecule has 0 saturated heterocycles. The van der Waals surface area contributed by atoms with E-state index in [9.17, 15) is 0 Å². The molecule has 2 rings (SSSR count). The van der Waals surface area contributed by atoms with Gasteiger partial charge in [0.05, 0.1) is 9.16 Å². The zero-order valence-electron chi connectivity index (χ0n) is 7.88. The molecule has 1 atom stereocenters. The SMILES string of the molecule is Clc1ccc(I)c(C(Cl)c2ccc(Br)s2)c1. The van der Waals surface area contributed by atoms with Crippen LogP contribution in [0.5, 0.6) is 0 Å². The zero-order valence-corrected chi connectivity index (χ0v) is 14.0. The highest BCUT2D eigenvalue weighted by Gasteiger charge is 2.16. The van der Waals surface area contributed by atoms with Gasteiger partial charge in [-0.25, -0.2) is 0 Å². The lowest BCUT2D eigenvalue weighted by molar-refractivity contribution is 1.17. The molecule has 2 aromatic rings. The van der Waals surface area contributed by atoms with Crippen molar-refractivity contribution in [2.24, 2.45) is 0 Å². The molecule has 1 aromatic carbocycles. The molecule has 0 amide bonds. The van der Waals surface area contributed by atoms with Gasteiger partial charge in [-0.2, -0.15) is 0 Å². The molecule has 0 fully saturated rings. The van der Waals surface area contributed by atoms with Crippen molar-refractivity contribution in [1.82, 2.24) is 0 Å². The fraction of sp³-hybridized carbons (Fsp3) is 0.0909. The average Bonchev–Trinajstić information content (AvgIpc) is 2.67. The maximum atomic E-state index is 6.45. The van der Waals surface area contributed by atoms with Crippen molar-refractivity contribution in [3.63, 3.8) is 0 Å². The Hall–Kier alpha value is 0.710. The number of halogens is 4. The number of rotatable bonds is 2. The topological polar surface area (TPSA) is 0 Å². The first-order valence-corrected chi connectivity index (χ1v) is 7.92. The third-order valence-corrected chi connectivity index (χ3v) is 5.58. The summed E-state index contributed by atoms with van der Waals surface area (Å²) in [5.41, 5.74) is 1.06. The molecule has 0 radical (unpaired) electrons. The molecule has 1 unspecified atom stereocenters. The summed E-state index contributed by atoms with van der Waals surface area (Å²) in [6.07, 6.45) is 0. The average molecular weight is 448 g/mol. The Bertz CT molecular complexity index is 512. The molecule has 0 nitrogen and oxygen atoms in total. The predicted molar refractivity (Wildman–Crippen MR) is 83.9 cm³/mol. The Labute approximate surface area is 130 Å². The van der Waals surface area contributed by atoms with Crippen molar-refractivity contribution in [3.8, 4) is 0 Å². The fourth-order valence-electron chi connectivity index (χ4n) is 1.33. The fourth-order valence-corrected chi connectivity index (χ4v) is 4.15. The quantitative estimate of drug-likeness (QED) is 0.385. The molecule has 0 bridgehead atoms. The molecule has 84 valence electrons. The summed E-state index contributed by atoms with van der Waals surface area (Å²) in [6.45, 7) is 0. The van der Waals surface area contributed by atoms with Crippen molar-refractivity contribution in [2.45, 2.75) is 5.38 Å². The number of benzene rings is 1. The molecule has 0 spiro atoms. The van der Waals surface area contributed by atoms with E-state index in [1.807, 2.05) is 30.3 Å². The maximum absolute atomic E-state index is 6.45. The molecule has 0 aliphatic rings. The summed E-state index contributed by atoms with van der Waals surface area (Å²) in [5, 5.41) is 0.582. The zero-order chi connectivity index (χ0) is 11.7. The number of hydrogen-bond acceptors (Lipinski definition) is 1. The maximum Gasteiger partial charge on any atom is 0.0938 e. The van der Waals surface area contributed by atoms with Crippen LogP contribution in [0.2, 0.25) is 5.02 Å². The normalized spacial score (nSPS) is 12.8. The molecule has 1 aromatic heterocycles. The van der Waals surface area contributed by atoms with Crippen LogP contribution in [-0.2, 0) is 0 Å². The van der Waals surface area contributed by atoms with E-state index in [-0.39, 0.29) is 5.38 Å². The lowest BCUT2D eigenvalue weighted by Crippen LogP contribution is -1.93. The van der Waals surface area contributed by atoms with E-state index in [0.29, 0.717) is 0 Å². The highest BCUT2D eigenvalue weighted by molar-refractivity contribution is 14.1. The van der Waals surface area contributed by atoms with Crippen LogP contribution in [0.1, 0.15) is 15.8 Å². The van der Waals surface area contributed by atoms with Gasteiger partial charge in [-0.1, -0.05) is 11.6 Å². The highest BCUT2D eigenvalue weighted by atomic mass is 127. The molecular weight excluding hydrogens is 442 g/mol. The van der Waals surface area contributed by atoms with Crippen LogP contribution >= 0.6 is 73.1 Å². The van der Waals surface area contributed by atoms with Gasteiger partial charge in [0.1, 0.15) is 0 Å². The van der Waals surface area contributed by atoms with Gasteiger partial charge in [0, 0.05) is 13.5 Å². The summed E-state index contributed by atoms with van der Waals surface area (Å²) in [7, 11) is 0. The van der Waals surface area contributed by atoms with Crippen molar-refractivity contribution in [2.75, 3.05) is 0 Å². The summed E-state index contributed by atoms with van der Waals surface area (Å²) in [6, 6.07) is 9.82. The molecule has 1 heterocycles. The van der Waals surface area contributed by atoms with Crippen LogP contribution in [0.15, 0.2) is 34.1 Å². The second-order valence-corrected chi connectivity index (χ2v) is 7.70. The van der Waals surface area contributed by atoms with Crippen molar-refractivity contribution in [1.29, 1.82) is 0 Å². The first-order chi connectivity index (χ1) is 7.58. The van der Waals surface area contributed by atoms with E-state index in [4.69, 9.17) is 23.2 Å². The van der Waals surface area contributed by atoms with Crippen LogP contribution < -0.4 is 0 Å². The van der Waals surface area contributed by atoms with Gasteiger partial charge in [-0.15, -0.1) is 22.9 Å². The molecule has 0 aliphatic carbocycles. The summed E-state index contributed by atoms with van der Waals surface area (Å²) < 4.78 is 2.22. The largest absolute Gasteiger partial charge is 0.131 e. The molecule has 16 heavy (non-hydrogen) atoms. The second-order valence-electron chi connectivity index (χ2n) is 3.17. The number of hydrogen-bond donors (Lipinski definition) is 0. The second kappa shape index (κ2) is 5.57. The van der Waals surface area contributed by atoms with Crippen molar-refractivity contribution < 1.29 is 0 Å². The predicted octanol–water partition coefficient (Wildman–Crippen LogP) is 6.10. The molecule has 0 aliphatic heterocycles. The first-order valence-electron chi connectivity index (χ1n) is 4.42. The summed E-state index contributed by atoms with van der Waals surface area (Å²) in [5.74, 6) is 0. The van der Waals surface area contributed by atoms with Gasteiger partial charge in [-0.05, 0) is 74.4 Å². The standard InChI is InChI=1S/C11H6BrCl2IS/c12-10-4-3-9(16-10)11(14)7-5-6(13)1-2-8(7)15/h1-5,11H. The monoisotopic (exact) mass is 446 g/mol. The van der Waals surface area contributed by atoms with E-state index < -0.39 is 0 Å². The van der Waals surface area contributed by atoms with Crippen LogP contribution in [0.4, 0.5) is 0 Å². The Morgan fingerprint density at radius 2 is 2.00 bits per heavy atom. The van der Waals surface area contributed by atoms with Gasteiger partial charge < -0.3 is 0 Å². The lowest BCUT2D eigenvalue weighted by Gasteiger charge is -2.10. The van der Waals surface area contributed by atoms with E-state index in [1.54, 1.807) is 11.3 Å². The van der Waals surface area contributed by atoms with Crippen molar-refractivity contribution in [3.05, 3.63) is 53.2 Å². The van der Waals surface area contributed by atoms with Crippen LogP contribution in [-0.4, -0.2) is 0 Å². The van der Waals surface area contributed by atoms with Gasteiger partial charge in [-0.3, -0.25) is 0 Å². The van der Waals surface area contributed by atoms with E-state index in [0.717, 1.165) is 22.8 Å². The Morgan fingerprint density at radius 1 is 1.25 bits per heavy atom. The van der Waals surface area contributed by atoms with Crippen LogP contribution in [0.25, 0.3) is 0 Å². The Balaban J connectivity index is 2.40. The Morgan fingerprint density at radius 3 is 2.62 bits per heavy atom. The van der Waals surface area contributed by atoms with E-state index in [2.05, 4.69) is 38.5 Å². The highest BCUT2D eigenvalue weighted by Crippen LogP contribution is 2.38. The molecular formula is C11H6BrCl2IS. The van der Waals surface area contributed by atoms with Crippen molar-refractivity contribution >= 4 is 73.1 Å². The molecule has 5 heteroatoms. The van der Waals surface area contributed by atoms with E-state index in [1.165, 1.54) is 0 Å². The third kappa shape index (κ3) is 2.93. The minimum Gasteiger partial charge on any atom is -0.131 e. The smallest absolute Gasteiger partial charge is 0.0938 e. The van der Waals surface area contributed by atoms with E-state index >= 15 is 0 Å². The summed E-state index contributed by atoms with van der Waals surface area (Å²) in [4.78, 5) is 1.12. The lowest BCUT2D eigenvalue weighted by atomic mass is 10.1. The third-order valence-electron chi connectivity index (χ3n) is 2.07. The Kier molecular flexibility index (Phi) is 4.58.